The maximum atomic E-state index is 12.5. The van der Waals surface area contributed by atoms with E-state index in [9.17, 15) is 14.4 Å². The summed E-state index contributed by atoms with van der Waals surface area (Å²) in [6.45, 7) is 9.02. The van der Waals surface area contributed by atoms with Crippen LogP contribution in [0.5, 0.6) is 0 Å². The van der Waals surface area contributed by atoms with Gasteiger partial charge in [0.15, 0.2) is 0 Å². The Balaban J connectivity index is 4.63. The molecule has 0 heterocycles. The van der Waals surface area contributed by atoms with E-state index in [0.717, 1.165) is 32.1 Å². The second kappa shape index (κ2) is 13.4. The van der Waals surface area contributed by atoms with E-state index in [1.54, 1.807) is 0 Å². The van der Waals surface area contributed by atoms with E-state index in [-0.39, 0.29) is 17.7 Å². The number of hydrogen-bond donors (Lipinski definition) is 2. The van der Waals surface area contributed by atoms with Gasteiger partial charge in [0, 0.05) is 6.92 Å². The zero-order chi connectivity index (χ0) is 19.2. The summed E-state index contributed by atoms with van der Waals surface area (Å²) in [7, 11) is 1.31. The van der Waals surface area contributed by atoms with E-state index in [1.165, 1.54) is 14.0 Å². The van der Waals surface area contributed by atoms with Crippen molar-refractivity contribution in [2.45, 2.75) is 77.8 Å². The van der Waals surface area contributed by atoms with E-state index in [1.807, 2.05) is 19.9 Å². The van der Waals surface area contributed by atoms with Crippen molar-refractivity contribution in [1.29, 1.82) is 0 Å². The lowest BCUT2D eigenvalue weighted by molar-refractivity contribution is -0.145. The molecule has 0 aliphatic carbocycles. The molecule has 0 unspecified atom stereocenters. The standard InChI is InChI=1S/C19H34N2O4/c1-6-7-8-9-10-11-12-16(19(24)25-5)21-18(23)17(13-14(2)3)20-15(4)22/h6,14,16-17H,1,7-13H2,2-5H3,(H,20,22)(H,21,23)/t16-,17-/m0/s1. The van der Waals surface area contributed by atoms with E-state index < -0.39 is 18.1 Å². The summed E-state index contributed by atoms with van der Waals surface area (Å²) in [5.74, 6) is -0.821. The van der Waals surface area contributed by atoms with Crippen molar-refractivity contribution in [1.82, 2.24) is 10.6 Å². The SMILES string of the molecule is C=CCCCCCC[C@H](NC(=O)[C@H](CC(C)C)NC(C)=O)C(=O)OC. The number of nitrogens with one attached hydrogen (secondary N) is 2. The van der Waals surface area contributed by atoms with Crippen LogP contribution in [0.1, 0.15) is 65.7 Å². The summed E-state index contributed by atoms with van der Waals surface area (Å²) >= 11 is 0. The number of ether oxygens (including phenoxy) is 1. The number of methoxy groups -OCH3 is 1. The van der Waals surface area contributed by atoms with Gasteiger partial charge in [0.2, 0.25) is 11.8 Å². The highest BCUT2D eigenvalue weighted by molar-refractivity contribution is 5.90. The fourth-order valence-corrected chi connectivity index (χ4v) is 2.60. The van der Waals surface area contributed by atoms with Gasteiger partial charge in [-0.1, -0.05) is 39.2 Å². The molecule has 2 N–H and O–H groups in total. The summed E-state index contributed by atoms with van der Waals surface area (Å²) in [6, 6.07) is -1.32. The number of esters is 1. The Bertz CT molecular complexity index is 435. The molecule has 0 aromatic rings. The van der Waals surface area contributed by atoms with Gasteiger partial charge in [-0.25, -0.2) is 4.79 Å². The predicted octanol–water partition coefficient (Wildman–Crippen LogP) is 2.72. The van der Waals surface area contributed by atoms with E-state index in [0.29, 0.717) is 12.8 Å². The van der Waals surface area contributed by atoms with Crippen LogP contribution in [0.2, 0.25) is 0 Å². The molecule has 0 aromatic carbocycles. The van der Waals surface area contributed by atoms with Gasteiger partial charge >= 0.3 is 5.97 Å². The minimum absolute atomic E-state index is 0.240. The number of allylic oxidation sites excluding steroid dienone is 1. The molecule has 0 aliphatic heterocycles. The number of unbranched alkanes of at least 4 members (excludes halogenated alkanes) is 4. The lowest BCUT2D eigenvalue weighted by Crippen LogP contribution is -2.51. The first-order valence-corrected chi connectivity index (χ1v) is 9.08. The lowest BCUT2D eigenvalue weighted by atomic mass is 10.0. The zero-order valence-corrected chi connectivity index (χ0v) is 16.1. The lowest BCUT2D eigenvalue weighted by Gasteiger charge is -2.23. The fraction of sp³-hybridized carbons (Fsp3) is 0.737. The Morgan fingerprint density at radius 1 is 1.04 bits per heavy atom. The topological polar surface area (TPSA) is 84.5 Å². The molecule has 0 aliphatic rings. The number of carbonyl (C=O) groups is 3. The normalized spacial score (nSPS) is 13.0. The molecule has 2 amide bonds. The van der Waals surface area contributed by atoms with Gasteiger partial charge in [-0.2, -0.15) is 0 Å². The van der Waals surface area contributed by atoms with Gasteiger partial charge in [0.1, 0.15) is 12.1 Å². The summed E-state index contributed by atoms with van der Waals surface area (Å²) in [6.07, 6.45) is 7.89. The predicted molar refractivity (Wildman–Crippen MR) is 98.9 cm³/mol. The molecule has 0 bridgehead atoms. The smallest absolute Gasteiger partial charge is 0.328 e. The van der Waals surface area contributed by atoms with Crippen LogP contribution in [0.15, 0.2) is 12.7 Å². The second-order valence-electron chi connectivity index (χ2n) is 6.75. The minimum Gasteiger partial charge on any atom is -0.467 e. The number of amides is 2. The molecule has 144 valence electrons. The molecule has 0 radical (unpaired) electrons. The third-order valence-electron chi connectivity index (χ3n) is 3.85. The summed E-state index contributed by atoms with van der Waals surface area (Å²) in [5.41, 5.74) is 0. The summed E-state index contributed by atoms with van der Waals surface area (Å²) in [4.78, 5) is 35.7. The van der Waals surface area contributed by atoms with Gasteiger partial charge in [-0.05, 0) is 31.6 Å². The summed E-state index contributed by atoms with van der Waals surface area (Å²) in [5, 5.41) is 5.39. The first kappa shape index (κ1) is 23.1. The molecule has 0 saturated carbocycles. The highest BCUT2D eigenvalue weighted by Crippen LogP contribution is 2.10. The van der Waals surface area contributed by atoms with Crippen LogP contribution in [0, 0.1) is 5.92 Å². The maximum absolute atomic E-state index is 12.5. The third kappa shape index (κ3) is 11.3. The quantitative estimate of drug-likeness (QED) is 0.303. The van der Waals surface area contributed by atoms with Crippen LogP contribution < -0.4 is 10.6 Å². The van der Waals surface area contributed by atoms with Crippen molar-refractivity contribution in [2.75, 3.05) is 7.11 Å². The average molecular weight is 354 g/mol. The molecule has 25 heavy (non-hydrogen) atoms. The first-order chi connectivity index (χ1) is 11.8. The largest absolute Gasteiger partial charge is 0.467 e. The minimum atomic E-state index is -0.680. The number of rotatable bonds is 13. The molecule has 0 aromatic heterocycles. The fourth-order valence-electron chi connectivity index (χ4n) is 2.60. The third-order valence-corrected chi connectivity index (χ3v) is 3.85. The molecule has 0 spiro atoms. The van der Waals surface area contributed by atoms with Gasteiger partial charge in [-0.15, -0.1) is 6.58 Å². The second-order valence-corrected chi connectivity index (χ2v) is 6.75. The van der Waals surface area contributed by atoms with Crippen molar-refractivity contribution in [3.05, 3.63) is 12.7 Å². The average Bonchev–Trinajstić information content (AvgIpc) is 2.54. The van der Waals surface area contributed by atoms with Gasteiger partial charge in [-0.3, -0.25) is 9.59 Å². The molecule has 0 saturated heterocycles. The Kier molecular flexibility index (Phi) is 12.4. The molecule has 2 atom stereocenters. The summed E-state index contributed by atoms with van der Waals surface area (Å²) < 4.78 is 4.80. The van der Waals surface area contributed by atoms with Gasteiger partial charge < -0.3 is 15.4 Å². The van der Waals surface area contributed by atoms with E-state index in [4.69, 9.17) is 4.74 Å². The Morgan fingerprint density at radius 2 is 1.68 bits per heavy atom. The van der Waals surface area contributed by atoms with Crippen LogP contribution in [0.3, 0.4) is 0 Å². The molecule has 6 nitrogen and oxygen atoms in total. The zero-order valence-electron chi connectivity index (χ0n) is 16.1. The van der Waals surface area contributed by atoms with Crippen molar-refractivity contribution >= 4 is 17.8 Å². The molecule has 0 fully saturated rings. The molecular formula is C19H34N2O4. The highest BCUT2D eigenvalue weighted by Gasteiger charge is 2.26. The van der Waals surface area contributed by atoms with Gasteiger partial charge in [0.25, 0.3) is 0 Å². The number of carbonyl (C=O) groups excluding carboxylic acids is 3. The maximum Gasteiger partial charge on any atom is 0.328 e. The Hall–Kier alpha value is -1.85. The molecular weight excluding hydrogens is 320 g/mol. The molecule has 0 rings (SSSR count). The van der Waals surface area contributed by atoms with Crippen molar-refractivity contribution < 1.29 is 19.1 Å². The number of hydrogen-bond acceptors (Lipinski definition) is 4. The van der Waals surface area contributed by atoms with E-state index >= 15 is 0 Å². The van der Waals surface area contributed by atoms with Crippen molar-refractivity contribution in [3.8, 4) is 0 Å². The van der Waals surface area contributed by atoms with Crippen LogP contribution >= 0.6 is 0 Å². The van der Waals surface area contributed by atoms with Crippen LogP contribution in [0.25, 0.3) is 0 Å². The first-order valence-electron chi connectivity index (χ1n) is 9.08. The van der Waals surface area contributed by atoms with Crippen molar-refractivity contribution in [3.63, 3.8) is 0 Å². The van der Waals surface area contributed by atoms with Crippen molar-refractivity contribution in [2.24, 2.45) is 5.92 Å². The van der Waals surface area contributed by atoms with Crippen LogP contribution in [-0.2, 0) is 19.1 Å². The highest BCUT2D eigenvalue weighted by atomic mass is 16.5. The Labute approximate surface area is 151 Å². The van der Waals surface area contributed by atoms with Gasteiger partial charge in [0.05, 0.1) is 7.11 Å². The molecule has 6 heteroatoms. The van der Waals surface area contributed by atoms with Crippen LogP contribution in [-0.4, -0.2) is 37.0 Å². The monoisotopic (exact) mass is 354 g/mol. The van der Waals surface area contributed by atoms with Crippen LogP contribution in [0.4, 0.5) is 0 Å². The van der Waals surface area contributed by atoms with E-state index in [2.05, 4.69) is 17.2 Å². The Morgan fingerprint density at radius 3 is 2.20 bits per heavy atom.